The molecule has 0 aromatic heterocycles. The summed E-state index contributed by atoms with van der Waals surface area (Å²) < 4.78 is 0. The molecule has 0 spiro atoms. The number of carbonyl (C=O) groups is 2. The first-order valence-corrected chi connectivity index (χ1v) is 6.40. The van der Waals surface area contributed by atoms with Gasteiger partial charge in [-0.05, 0) is 32.6 Å². The number of carboxylic acids is 1. The van der Waals surface area contributed by atoms with Crippen LogP contribution in [-0.4, -0.2) is 29.7 Å². The second-order valence-corrected chi connectivity index (χ2v) is 5.03. The van der Waals surface area contributed by atoms with E-state index in [0.717, 1.165) is 19.3 Å². The SMILES string of the molecule is CCC(C)(CNC(=O)NC1CC=CCC1)C(=O)O. The molecule has 1 aliphatic carbocycles. The molecule has 0 aromatic carbocycles. The Hall–Kier alpha value is -1.52. The average molecular weight is 254 g/mol. The summed E-state index contributed by atoms with van der Waals surface area (Å²) >= 11 is 0. The molecule has 3 N–H and O–H groups in total. The molecule has 1 aliphatic rings. The summed E-state index contributed by atoms with van der Waals surface area (Å²) in [4.78, 5) is 22.7. The fourth-order valence-corrected chi connectivity index (χ4v) is 1.79. The van der Waals surface area contributed by atoms with E-state index in [1.54, 1.807) is 13.8 Å². The number of carbonyl (C=O) groups excluding carboxylic acids is 1. The molecule has 0 saturated heterocycles. The molecule has 0 heterocycles. The van der Waals surface area contributed by atoms with Gasteiger partial charge in [0.25, 0.3) is 0 Å². The standard InChI is InChI=1S/C13H22N2O3/c1-3-13(2,11(16)17)9-14-12(18)15-10-7-5-4-6-8-10/h4-5,10H,3,6-9H2,1-2H3,(H,16,17)(H2,14,15,18). The van der Waals surface area contributed by atoms with Gasteiger partial charge in [0.1, 0.15) is 0 Å². The Morgan fingerprint density at radius 1 is 1.44 bits per heavy atom. The largest absolute Gasteiger partial charge is 0.481 e. The molecule has 5 heteroatoms. The fraction of sp³-hybridized carbons (Fsp3) is 0.692. The van der Waals surface area contributed by atoms with E-state index in [9.17, 15) is 9.59 Å². The van der Waals surface area contributed by atoms with Gasteiger partial charge in [-0.15, -0.1) is 0 Å². The van der Waals surface area contributed by atoms with Gasteiger partial charge in [0.15, 0.2) is 0 Å². The van der Waals surface area contributed by atoms with Crippen molar-refractivity contribution < 1.29 is 14.7 Å². The first-order valence-electron chi connectivity index (χ1n) is 6.40. The summed E-state index contributed by atoms with van der Waals surface area (Å²) in [5.41, 5.74) is -0.899. The van der Waals surface area contributed by atoms with Crippen LogP contribution in [0.4, 0.5) is 4.79 Å². The Morgan fingerprint density at radius 3 is 2.67 bits per heavy atom. The number of hydrogen-bond acceptors (Lipinski definition) is 2. The van der Waals surface area contributed by atoms with E-state index in [-0.39, 0.29) is 18.6 Å². The van der Waals surface area contributed by atoms with Gasteiger partial charge in [-0.2, -0.15) is 0 Å². The van der Waals surface area contributed by atoms with Crippen LogP contribution in [-0.2, 0) is 4.79 Å². The molecule has 18 heavy (non-hydrogen) atoms. The van der Waals surface area contributed by atoms with Crippen LogP contribution in [0.3, 0.4) is 0 Å². The van der Waals surface area contributed by atoms with Crippen LogP contribution in [0.5, 0.6) is 0 Å². The monoisotopic (exact) mass is 254 g/mol. The summed E-state index contributed by atoms with van der Waals surface area (Å²) in [7, 11) is 0. The molecule has 0 saturated carbocycles. The van der Waals surface area contributed by atoms with E-state index in [1.807, 2.05) is 0 Å². The van der Waals surface area contributed by atoms with Gasteiger partial charge in [-0.1, -0.05) is 19.1 Å². The van der Waals surface area contributed by atoms with Gasteiger partial charge in [-0.3, -0.25) is 4.79 Å². The number of hydrogen-bond donors (Lipinski definition) is 3. The van der Waals surface area contributed by atoms with Gasteiger partial charge in [0, 0.05) is 12.6 Å². The van der Waals surface area contributed by atoms with Crippen LogP contribution in [0.1, 0.15) is 39.5 Å². The lowest BCUT2D eigenvalue weighted by Gasteiger charge is -2.25. The van der Waals surface area contributed by atoms with Crippen molar-refractivity contribution in [1.29, 1.82) is 0 Å². The van der Waals surface area contributed by atoms with Crippen LogP contribution in [0.2, 0.25) is 0 Å². The molecule has 0 radical (unpaired) electrons. The minimum Gasteiger partial charge on any atom is -0.481 e. The number of amides is 2. The number of carboxylic acid groups (broad SMARTS) is 1. The number of urea groups is 1. The number of allylic oxidation sites excluding steroid dienone is 1. The second kappa shape index (κ2) is 6.42. The zero-order valence-electron chi connectivity index (χ0n) is 11.0. The highest BCUT2D eigenvalue weighted by Gasteiger charge is 2.31. The Balaban J connectivity index is 2.36. The molecular formula is C13H22N2O3. The molecule has 2 unspecified atom stereocenters. The maximum Gasteiger partial charge on any atom is 0.315 e. The lowest BCUT2D eigenvalue weighted by Crippen LogP contribution is -2.47. The first-order chi connectivity index (χ1) is 8.48. The molecule has 0 fully saturated rings. The molecule has 102 valence electrons. The van der Waals surface area contributed by atoms with Crippen molar-refractivity contribution in [2.24, 2.45) is 5.41 Å². The average Bonchev–Trinajstić information content (AvgIpc) is 2.37. The highest BCUT2D eigenvalue weighted by molar-refractivity contribution is 5.77. The summed E-state index contributed by atoms with van der Waals surface area (Å²) in [6.45, 7) is 3.59. The topological polar surface area (TPSA) is 78.4 Å². The highest BCUT2D eigenvalue weighted by Crippen LogP contribution is 2.19. The van der Waals surface area contributed by atoms with Gasteiger partial charge in [0.05, 0.1) is 5.41 Å². The zero-order chi connectivity index (χ0) is 13.6. The van der Waals surface area contributed by atoms with E-state index < -0.39 is 11.4 Å². The van der Waals surface area contributed by atoms with Crippen LogP contribution in [0.25, 0.3) is 0 Å². The van der Waals surface area contributed by atoms with Gasteiger partial charge >= 0.3 is 12.0 Å². The summed E-state index contributed by atoms with van der Waals surface area (Å²) in [5, 5.41) is 14.6. The predicted molar refractivity (Wildman–Crippen MR) is 69.3 cm³/mol. The van der Waals surface area contributed by atoms with E-state index in [4.69, 9.17) is 5.11 Å². The van der Waals surface area contributed by atoms with Crippen molar-refractivity contribution >= 4 is 12.0 Å². The normalized spacial score (nSPS) is 22.0. The van der Waals surface area contributed by atoms with Crippen molar-refractivity contribution in [3.63, 3.8) is 0 Å². The molecule has 0 aromatic rings. The van der Waals surface area contributed by atoms with Crippen molar-refractivity contribution in [1.82, 2.24) is 10.6 Å². The Bertz CT molecular complexity index is 341. The highest BCUT2D eigenvalue weighted by atomic mass is 16.4. The van der Waals surface area contributed by atoms with Crippen LogP contribution in [0.15, 0.2) is 12.2 Å². The Labute approximate surface area is 108 Å². The molecule has 2 atom stereocenters. The van der Waals surface area contributed by atoms with Crippen molar-refractivity contribution in [3.8, 4) is 0 Å². The summed E-state index contributed by atoms with van der Waals surface area (Å²) in [6.07, 6.45) is 7.41. The molecule has 0 bridgehead atoms. The minimum atomic E-state index is -0.899. The lowest BCUT2D eigenvalue weighted by atomic mass is 9.88. The molecular weight excluding hydrogens is 232 g/mol. The summed E-state index contributed by atoms with van der Waals surface area (Å²) in [6, 6.07) is -0.121. The van der Waals surface area contributed by atoms with E-state index in [0.29, 0.717) is 6.42 Å². The quantitative estimate of drug-likeness (QED) is 0.656. The predicted octanol–water partition coefficient (Wildman–Crippen LogP) is 1.90. The molecule has 0 aliphatic heterocycles. The van der Waals surface area contributed by atoms with Gasteiger partial charge in [-0.25, -0.2) is 4.79 Å². The fourth-order valence-electron chi connectivity index (χ4n) is 1.79. The van der Waals surface area contributed by atoms with Gasteiger partial charge < -0.3 is 15.7 Å². The minimum absolute atomic E-state index is 0.146. The van der Waals surface area contributed by atoms with Gasteiger partial charge in [0.2, 0.25) is 0 Å². The molecule has 5 nitrogen and oxygen atoms in total. The molecule has 2 amide bonds. The third kappa shape index (κ3) is 4.05. The van der Waals surface area contributed by atoms with Crippen molar-refractivity contribution in [3.05, 3.63) is 12.2 Å². The van der Waals surface area contributed by atoms with Crippen LogP contribution in [0, 0.1) is 5.41 Å². The maximum atomic E-state index is 11.7. The number of rotatable bonds is 5. The van der Waals surface area contributed by atoms with Crippen LogP contribution < -0.4 is 10.6 Å². The third-order valence-electron chi connectivity index (χ3n) is 3.54. The van der Waals surface area contributed by atoms with E-state index in [1.165, 1.54) is 0 Å². The van der Waals surface area contributed by atoms with Crippen molar-refractivity contribution in [2.75, 3.05) is 6.54 Å². The summed E-state index contributed by atoms with van der Waals surface area (Å²) in [5.74, 6) is -0.883. The molecule has 1 rings (SSSR count). The smallest absolute Gasteiger partial charge is 0.315 e. The van der Waals surface area contributed by atoms with Crippen LogP contribution >= 0.6 is 0 Å². The lowest BCUT2D eigenvalue weighted by molar-refractivity contribution is -0.147. The maximum absolute atomic E-state index is 11.7. The first kappa shape index (κ1) is 14.5. The Kier molecular flexibility index (Phi) is 5.19. The van der Waals surface area contributed by atoms with E-state index >= 15 is 0 Å². The third-order valence-corrected chi connectivity index (χ3v) is 3.54. The zero-order valence-corrected chi connectivity index (χ0v) is 11.0. The van der Waals surface area contributed by atoms with Crippen molar-refractivity contribution in [2.45, 2.75) is 45.6 Å². The number of nitrogens with one attached hydrogen (secondary N) is 2. The number of aliphatic carboxylic acids is 1. The second-order valence-electron chi connectivity index (χ2n) is 5.03. The van der Waals surface area contributed by atoms with E-state index in [2.05, 4.69) is 22.8 Å². The Morgan fingerprint density at radius 2 is 2.17 bits per heavy atom.